The second kappa shape index (κ2) is 5.75. The van der Waals surface area contributed by atoms with Gasteiger partial charge in [0, 0.05) is 17.8 Å². The Bertz CT molecular complexity index is 685. The van der Waals surface area contributed by atoms with Gasteiger partial charge >= 0.3 is 0 Å². The molecule has 21 heavy (non-hydrogen) atoms. The van der Waals surface area contributed by atoms with E-state index in [9.17, 15) is 0 Å². The number of nitrogens with two attached hydrogens (primary N) is 1. The van der Waals surface area contributed by atoms with Gasteiger partial charge in [-0.05, 0) is 25.0 Å². The Labute approximate surface area is 136 Å². The van der Waals surface area contributed by atoms with Gasteiger partial charge in [-0.3, -0.25) is 0 Å². The fourth-order valence-corrected chi connectivity index (χ4v) is 2.98. The number of fused-ring (bicyclic) bond motifs is 1. The number of halogens is 3. The molecule has 2 aromatic rings. The number of nitrogen functional groups attached to an aromatic ring is 1. The number of aromatic nitrogens is 2. The molecule has 0 atom stereocenters. The van der Waals surface area contributed by atoms with E-state index < -0.39 is 0 Å². The van der Waals surface area contributed by atoms with Crippen LogP contribution in [0, 0.1) is 0 Å². The first kappa shape index (κ1) is 14.5. The summed E-state index contributed by atoms with van der Waals surface area (Å²) in [6.45, 7) is 0.835. The normalized spacial score (nSPS) is 13.5. The summed E-state index contributed by atoms with van der Waals surface area (Å²) in [5, 5.41) is 12.0. The molecule has 1 aliphatic heterocycles. The molecule has 3 rings (SSSR count). The van der Waals surface area contributed by atoms with Crippen LogP contribution < -0.4 is 15.8 Å². The van der Waals surface area contributed by atoms with Gasteiger partial charge in [0.1, 0.15) is 0 Å². The second-order valence-electron chi connectivity index (χ2n) is 4.60. The summed E-state index contributed by atoms with van der Waals surface area (Å²) in [6, 6.07) is 3.13. The Kier molecular flexibility index (Phi) is 3.97. The van der Waals surface area contributed by atoms with Gasteiger partial charge in [-0.15, -0.1) is 10.2 Å². The largest absolute Gasteiger partial charge is 0.434 e. The van der Waals surface area contributed by atoms with E-state index in [-0.39, 0.29) is 0 Å². The summed E-state index contributed by atoms with van der Waals surface area (Å²) in [4.78, 5) is 0. The maximum Gasteiger partial charge on any atom is 0.244 e. The topological polar surface area (TPSA) is 73.1 Å². The van der Waals surface area contributed by atoms with E-state index in [0.717, 1.165) is 30.6 Å². The molecule has 1 aromatic carbocycles. The molecular formula is C13H11Cl3N4O. The molecule has 0 saturated heterocycles. The standard InChI is InChI=1S/C13H11Cl3N4O/c14-8-4-6(17)5-9(15)11(8)21-13-7-2-1-3-18-10(7)12(16)19-20-13/h4-5,18H,1-3,17H2. The van der Waals surface area contributed by atoms with Crippen LogP contribution in [0.3, 0.4) is 0 Å². The van der Waals surface area contributed by atoms with Crippen molar-refractivity contribution in [3.63, 3.8) is 0 Å². The SMILES string of the molecule is Nc1cc(Cl)c(Oc2nnc(Cl)c3c2CCCN3)c(Cl)c1. The van der Waals surface area contributed by atoms with Gasteiger partial charge in [0.25, 0.3) is 0 Å². The lowest BCUT2D eigenvalue weighted by molar-refractivity contribution is 0.447. The quantitative estimate of drug-likeness (QED) is 0.799. The fraction of sp³-hybridized carbons (Fsp3) is 0.231. The third-order valence-electron chi connectivity index (χ3n) is 3.12. The highest BCUT2D eigenvalue weighted by molar-refractivity contribution is 6.37. The number of benzene rings is 1. The summed E-state index contributed by atoms with van der Waals surface area (Å²) in [5.41, 5.74) is 7.75. The van der Waals surface area contributed by atoms with Crippen molar-refractivity contribution in [2.45, 2.75) is 12.8 Å². The van der Waals surface area contributed by atoms with E-state index in [4.69, 9.17) is 45.3 Å². The maximum absolute atomic E-state index is 6.12. The highest BCUT2D eigenvalue weighted by atomic mass is 35.5. The van der Waals surface area contributed by atoms with Crippen molar-refractivity contribution in [3.8, 4) is 11.6 Å². The van der Waals surface area contributed by atoms with E-state index in [0.29, 0.717) is 32.5 Å². The number of nitrogens with zero attached hydrogens (tertiary/aromatic N) is 2. The summed E-state index contributed by atoms with van der Waals surface area (Å²) < 4.78 is 5.76. The molecule has 0 radical (unpaired) electrons. The third kappa shape index (κ3) is 2.81. The number of ether oxygens (including phenoxy) is 1. The number of nitrogens with one attached hydrogen (secondary N) is 1. The van der Waals surface area contributed by atoms with Crippen LogP contribution in [-0.2, 0) is 6.42 Å². The van der Waals surface area contributed by atoms with Gasteiger partial charge in [0.2, 0.25) is 5.88 Å². The molecule has 2 heterocycles. The highest BCUT2D eigenvalue weighted by Gasteiger charge is 2.21. The molecule has 0 saturated carbocycles. The molecule has 110 valence electrons. The van der Waals surface area contributed by atoms with Crippen molar-refractivity contribution in [2.75, 3.05) is 17.6 Å². The van der Waals surface area contributed by atoms with Gasteiger partial charge in [-0.25, -0.2) is 0 Å². The van der Waals surface area contributed by atoms with Crippen LogP contribution in [-0.4, -0.2) is 16.7 Å². The highest BCUT2D eigenvalue weighted by Crippen LogP contribution is 2.41. The van der Waals surface area contributed by atoms with Gasteiger partial charge < -0.3 is 15.8 Å². The zero-order chi connectivity index (χ0) is 15.0. The molecule has 1 aromatic heterocycles. The minimum absolute atomic E-state index is 0.303. The van der Waals surface area contributed by atoms with E-state index in [2.05, 4.69) is 15.5 Å². The summed E-state index contributed by atoms with van der Waals surface area (Å²) in [5.74, 6) is 0.645. The molecule has 0 aliphatic carbocycles. The first-order valence-corrected chi connectivity index (χ1v) is 7.41. The molecule has 0 fully saturated rings. The van der Waals surface area contributed by atoms with Gasteiger partial charge in [0.15, 0.2) is 10.9 Å². The van der Waals surface area contributed by atoms with Crippen LogP contribution in [0.2, 0.25) is 15.2 Å². The Hall–Kier alpha value is -1.43. The van der Waals surface area contributed by atoms with E-state index >= 15 is 0 Å². The van der Waals surface area contributed by atoms with Crippen LogP contribution >= 0.6 is 34.8 Å². The Morgan fingerprint density at radius 1 is 1.14 bits per heavy atom. The molecule has 0 bridgehead atoms. The van der Waals surface area contributed by atoms with Crippen LogP contribution in [0.4, 0.5) is 11.4 Å². The molecule has 5 nitrogen and oxygen atoms in total. The van der Waals surface area contributed by atoms with Crippen molar-refractivity contribution in [1.82, 2.24) is 10.2 Å². The second-order valence-corrected chi connectivity index (χ2v) is 5.77. The number of hydrogen-bond donors (Lipinski definition) is 2. The summed E-state index contributed by atoms with van der Waals surface area (Å²) in [6.07, 6.45) is 1.74. The Morgan fingerprint density at radius 2 is 1.86 bits per heavy atom. The molecule has 1 aliphatic rings. The monoisotopic (exact) mass is 344 g/mol. The number of anilines is 2. The van der Waals surface area contributed by atoms with Gasteiger partial charge in [0.05, 0.1) is 15.7 Å². The predicted octanol–water partition coefficient (Wildman–Crippen LogP) is 4.17. The molecule has 0 spiro atoms. The average molecular weight is 346 g/mol. The van der Waals surface area contributed by atoms with Gasteiger partial charge in [-0.2, -0.15) is 0 Å². The van der Waals surface area contributed by atoms with Crippen molar-refractivity contribution in [1.29, 1.82) is 0 Å². The fourth-order valence-electron chi connectivity index (χ4n) is 2.18. The molecule has 3 N–H and O–H groups in total. The molecular weight excluding hydrogens is 335 g/mol. The summed E-state index contributed by atoms with van der Waals surface area (Å²) >= 11 is 18.3. The zero-order valence-electron chi connectivity index (χ0n) is 10.8. The van der Waals surface area contributed by atoms with Crippen LogP contribution in [0.25, 0.3) is 0 Å². The summed E-state index contributed by atoms with van der Waals surface area (Å²) in [7, 11) is 0. The minimum Gasteiger partial charge on any atom is -0.434 e. The van der Waals surface area contributed by atoms with Crippen molar-refractivity contribution >= 4 is 46.2 Å². The smallest absolute Gasteiger partial charge is 0.244 e. The van der Waals surface area contributed by atoms with E-state index in [1.54, 1.807) is 12.1 Å². The lowest BCUT2D eigenvalue weighted by atomic mass is 10.1. The van der Waals surface area contributed by atoms with Crippen molar-refractivity contribution in [2.24, 2.45) is 0 Å². The third-order valence-corrected chi connectivity index (χ3v) is 3.95. The average Bonchev–Trinajstić information content (AvgIpc) is 2.45. The first-order valence-electron chi connectivity index (χ1n) is 6.27. The van der Waals surface area contributed by atoms with Crippen LogP contribution in [0.5, 0.6) is 11.6 Å². The molecule has 8 heteroatoms. The lowest BCUT2D eigenvalue weighted by Gasteiger charge is -2.20. The predicted molar refractivity (Wildman–Crippen MR) is 84.8 cm³/mol. The lowest BCUT2D eigenvalue weighted by Crippen LogP contribution is -2.14. The van der Waals surface area contributed by atoms with Crippen LogP contribution in [0.1, 0.15) is 12.0 Å². The molecule has 0 amide bonds. The van der Waals surface area contributed by atoms with Crippen molar-refractivity contribution < 1.29 is 4.74 Å². The van der Waals surface area contributed by atoms with Crippen molar-refractivity contribution in [3.05, 3.63) is 32.9 Å². The number of hydrogen-bond acceptors (Lipinski definition) is 5. The van der Waals surface area contributed by atoms with Crippen LogP contribution in [0.15, 0.2) is 12.1 Å². The zero-order valence-corrected chi connectivity index (χ0v) is 13.1. The molecule has 0 unspecified atom stereocenters. The minimum atomic E-state index is 0.303. The Morgan fingerprint density at radius 3 is 2.57 bits per heavy atom. The van der Waals surface area contributed by atoms with E-state index in [1.807, 2.05) is 0 Å². The Balaban J connectivity index is 2.03. The number of rotatable bonds is 2. The van der Waals surface area contributed by atoms with E-state index in [1.165, 1.54) is 0 Å². The van der Waals surface area contributed by atoms with Gasteiger partial charge in [-0.1, -0.05) is 34.8 Å². The first-order chi connectivity index (χ1) is 10.1. The maximum atomic E-state index is 6.12.